The van der Waals surface area contributed by atoms with E-state index in [1.54, 1.807) is 59.7 Å². The Morgan fingerprint density at radius 3 is 1.85 bits per heavy atom. The summed E-state index contributed by atoms with van der Waals surface area (Å²) in [5.74, 6) is -0.732. The van der Waals surface area contributed by atoms with Crippen LogP contribution in [-0.2, 0) is 0 Å². The Hall–Kier alpha value is -2.49. The first kappa shape index (κ1) is 12.5. The highest BCUT2D eigenvalue weighted by Crippen LogP contribution is 2.29. The third kappa shape index (κ3) is 2.20. The van der Waals surface area contributed by atoms with E-state index in [9.17, 15) is 8.78 Å². The van der Waals surface area contributed by atoms with Crippen LogP contribution in [0.3, 0.4) is 0 Å². The smallest absolute Gasteiger partial charge is 0.128 e. The molecule has 0 fully saturated rings. The lowest BCUT2D eigenvalue weighted by Crippen LogP contribution is -2.13. The van der Waals surface area contributed by atoms with E-state index in [1.165, 1.54) is 12.1 Å². The van der Waals surface area contributed by atoms with E-state index in [-0.39, 0.29) is 11.6 Å². The van der Waals surface area contributed by atoms with Crippen molar-refractivity contribution in [2.24, 2.45) is 0 Å². The first-order valence-corrected chi connectivity index (χ1v) is 6.23. The third-order valence-electron chi connectivity index (χ3n) is 3.22. The molecule has 3 rings (SSSR count). The summed E-state index contributed by atoms with van der Waals surface area (Å²) < 4.78 is 29.9. The molecule has 0 atom stereocenters. The van der Waals surface area contributed by atoms with Crippen molar-refractivity contribution in [1.82, 2.24) is 9.55 Å². The van der Waals surface area contributed by atoms with Gasteiger partial charge in [0.25, 0.3) is 0 Å². The Bertz CT molecular complexity index is 663. The largest absolute Gasteiger partial charge is 0.326 e. The molecule has 0 amide bonds. The van der Waals surface area contributed by atoms with E-state index < -0.39 is 6.04 Å². The molecule has 0 unspecified atom stereocenters. The van der Waals surface area contributed by atoms with Gasteiger partial charge in [-0.3, -0.25) is 0 Å². The van der Waals surface area contributed by atoms with Crippen LogP contribution in [-0.4, -0.2) is 9.55 Å². The summed E-state index contributed by atoms with van der Waals surface area (Å²) in [6, 6.07) is 12.2. The molecule has 0 bridgehead atoms. The van der Waals surface area contributed by atoms with Gasteiger partial charge in [-0.05, 0) is 12.1 Å². The Balaban J connectivity index is 2.21. The van der Waals surface area contributed by atoms with Crippen LogP contribution in [0.2, 0.25) is 0 Å². The molecule has 0 saturated carbocycles. The Kier molecular flexibility index (Phi) is 3.29. The standard InChI is InChI=1S/C16H12F2N2/c17-14-7-3-1-5-12(14)16(20-10-9-19-11-20)13-6-2-4-8-15(13)18/h1-11,16H. The quantitative estimate of drug-likeness (QED) is 0.708. The van der Waals surface area contributed by atoms with Crippen LogP contribution in [0, 0.1) is 11.6 Å². The molecular weight excluding hydrogens is 258 g/mol. The lowest BCUT2D eigenvalue weighted by molar-refractivity contribution is 0.543. The lowest BCUT2D eigenvalue weighted by atomic mass is 9.97. The van der Waals surface area contributed by atoms with E-state index in [0.717, 1.165) is 0 Å². The molecule has 0 N–H and O–H groups in total. The van der Waals surface area contributed by atoms with Crippen molar-refractivity contribution in [2.75, 3.05) is 0 Å². The van der Waals surface area contributed by atoms with Gasteiger partial charge in [0.15, 0.2) is 0 Å². The average molecular weight is 270 g/mol. The van der Waals surface area contributed by atoms with Crippen molar-refractivity contribution < 1.29 is 8.78 Å². The predicted octanol–water partition coefficient (Wildman–Crippen LogP) is 3.80. The van der Waals surface area contributed by atoms with Crippen molar-refractivity contribution in [3.05, 3.63) is 90.0 Å². The molecule has 0 aliphatic heterocycles. The monoisotopic (exact) mass is 270 g/mol. The molecule has 2 nitrogen and oxygen atoms in total. The molecule has 20 heavy (non-hydrogen) atoms. The molecule has 1 aromatic heterocycles. The van der Waals surface area contributed by atoms with Gasteiger partial charge in [-0.25, -0.2) is 13.8 Å². The molecule has 0 spiro atoms. The number of aromatic nitrogens is 2. The number of hydrogen-bond donors (Lipinski definition) is 0. The fraction of sp³-hybridized carbons (Fsp3) is 0.0625. The summed E-state index contributed by atoms with van der Waals surface area (Å²) in [6.45, 7) is 0. The number of halogens is 2. The van der Waals surface area contributed by atoms with Crippen molar-refractivity contribution in [1.29, 1.82) is 0 Å². The van der Waals surface area contributed by atoms with E-state index in [0.29, 0.717) is 11.1 Å². The molecule has 1 heterocycles. The van der Waals surface area contributed by atoms with Crippen LogP contribution in [0.25, 0.3) is 0 Å². The second-order valence-electron chi connectivity index (χ2n) is 4.46. The van der Waals surface area contributed by atoms with Crippen LogP contribution >= 0.6 is 0 Å². The zero-order valence-electron chi connectivity index (χ0n) is 10.6. The molecule has 100 valence electrons. The number of nitrogens with zero attached hydrogens (tertiary/aromatic N) is 2. The van der Waals surface area contributed by atoms with Gasteiger partial charge in [-0.2, -0.15) is 0 Å². The van der Waals surface area contributed by atoms with Crippen molar-refractivity contribution in [3.8, 4) is 0 Å². The normalized spacial score (nSPS) is 10.9. The van der Waals surface area contributed by atoms with E-state index in [1.807, 2.05) is 0 Å². The van der Waals surface area contributed by atoms with E-state index in [2.05, 4.69) is 4.98 Å². The fourth-order valence-corrected chi connectivity index (χ4v) is 2.30. The Morgan fingerprint density at radius 2 is 1.40 bits per heavy atom. The van der Waals surface area contributed by atoms with Gasteiger partial charge in [-0.1, -0.05) is 36.4 Å². The maximum Gasteiger partial charge on any atom is 0.128 e. The van der Waals surface area contributed by atoms with Crippen LogP contribution < -0.4 is 0 Å². The highest BCUT2D eigenvalue weighted by molar-refractivity contribution is 5.34. The van der Waals surface area contributed by atoms with Gasteiger partial charge in [0, 0.05) is 23.5 Å². The first-order chi connectivity index (χ1) is 9.77. The SMILES string of the molecule is Fc1ccccc1C(c1ccccc1F)n1ccnc1. The molecule has 0 aliphatic carbocycles. The summed E-state index contributed by atoms with van der Waals surface area (Å²) >= 11 is 0. The fourth-order valence-electron chi connectivity index (χ4n) is 2.30. The maximum atomic E-state index is 14.1. The van der Waals surface area contributed by atoms with Gasteiger partial charge in [0.2, 0.25) is 0 Å². The average Bonchev–Trinajstić information content (AvgIpc) is 2.97. The molecule has 0 aliphatic rings. The summed E-state index contributed by atoms with van der Waals surface area (Å²) in [5.41, 5.74) is 0.825. The van der Waals surface area contributed by atoms with Crippen LogP contribution in [0.5, 0.6) is 0 Å². The minimum atomic E-state index is -0.570. The molecule has 2 aromatic carbocycles. The highest BCUT2D eigenvalue weighted by atomic mass is 19.1. The number of rotatable bonds is 3. The second kappa shape index (κ2) is 5.25. The summed E-state index contributed by atoms with van der Waals surface area (Å²) in [6.07, 6.45) is 4.85. The summed E-state index contributed by atoms with van der Waals surface area (Å²) in [5, 5.41) is 0. The zero-order chi connectivity index (χ0) is 13.9. The molecule has 0 saturated heterocycles. The van der Waals surface area contributed by atoms with Gasteiger partial charge in [-0.15, -0.1) is 0 Å². The number of hydrogen-bond acceptors (Lipinski definition) is 1. The van der Waals surface area contributed by atoms with Crippen molar-refractivity contribution in [2.45, 2.75) is 6.04 Å². The summed E-state index contributed by atoms with van der Waals surface area (Å²) in [7, 11) is 0. The molecule has 4 heteroatoms. The number of benzene rings is 2. The van der Waals surface area contributed by atoms with Crippen LogP contribution in [0.1, 0.15) is 17.2 Å². The van der Waals surface area contributed by atoms with Crippen LogP contribution in [0.4, 0.5) is 8.78 Å². The number of imidazole rings is 1. The van der Waals surface area contributed by atoms with Gasteiger partial charge in [0.1, 0.15) is 11.6 Å². The highest BCUT2D eigenvalue weighted by Gasteiger charge is 2.21. The van der Waals surface area contributed by atoms with Crippen molar-refractivity contribution in [3.63, 3.8) is 0 Å². The second-order valence-corrected chi connectivity index (χ2v) is 4.46. The Morgan fingerprint density at radius 1 is 0.850 bits per heavy atom. The van der Waals surface area contributed by atoms with Gasteiger partial charge in [0.05, 0.1) is 12.4 Å². The predicted molar refractivity (Wildman–Crippen MR) is 72.3 cm³/mol. The summed E-state index contributed by atoms with van der Waals surface area (Å²) in [4.78, 5) is 3.97. The first-order valence-electron chi connectivity index (χ1n) is 6.23. The maximum absolute atomic E-state index is 14.1. The molecular formula is C16H12F2N2. The Labute approximate surface area is 115 Å². The minimum Gasteiger partial charge on any atom is -0.326 e. The van der Waals surface area contributed by atoms with Gasteiger partial charge < -0.3 is 4.57 Å². The van der Waals surface area contributed by atoms with Crippen LogP contribution in [0.15, 0.2) is 67.3 Å². The molecule has 3 aromatic rings. The van der Waals surface area contributed by atoms with E-state index in [4.69, 9.17) is 0 Å². The third-order valence-corrected chi connectivity index (χ3v) is 3.22. The van der Waals surface area contributed by atoms with E-state index >= 15 is 0 Å². The minimum absolute atomic E-state index is 0.366. The lowest BCUT2D eigenvalue weighted by Gasteiger charge is -2.20. The zero-order valence-corrected chi connectivity index (χ0v) is 10.6. The van der Waals surface area contributed by atoms with Gasteiger partial charge >= 0.3 is 0 Å². The topological polar surface area (TPSA) is 17.8 Å². The molecule has 0 radical (unpaired) electrons. The van der Waals surface area contributed by atoms with Crippen molar-refractivity contribution >= 4 is 0 Å².